The van der Waals surface area contributed by atoms with E-state index in [4.69, 9.17) is 0 Å². The molecule has 4 unspecified atom stereocenters. The zero-order valence-corrected chi connectivity index (χ0v) is 18.2. The minimum Gasteiger partial charge on any atom is -0.372 e. The molecule has 1 aromatic carbocycles. The van der Waals surface area contributed by atoms with E-state index in [2.05, 4.69) is 39.9 Å². The van der Waals surface area contributed by atoms with Gasteiger partial charge in [-0.05, 0) is 81.0 Å². The number of urea groups is 1. The third-order valence-electron chi connectivity index (χ3n) is 7.33. The van der Waals surface area contributed by atoms with Gasteiger partial charge in [0.2, 0.25) is 5.91 Å². The first-order valence-electron chi connectivity index (χ1n) is 11.8. The molecule has 2 bridgehead atoms. The van der Waals surface area contributed by atoms with Crippen LogP contribution in [-0.4, -0.2) is 37.6 Å². The van der Waals surface area contributed by atoms with E-state index >= 15 is 0 Å². The van der Waals surface area contributed by atoms with Gasteiger partial charge in [0.15, 0.2) is 0 Å². The van der Waals surface area contributed by atoms with Crippen LogP contribution < -0.4 is 20.9 Å². The lowest BCUT2D eigenvalue weighted by Crippen LogP contribution is -2.47. The number of carbonyl (C=O) groups excluding carboxylic acids is 2. The lowest BCUT2D eigenvalue weighted by Gasteiger charge is -2.28. The van der Waals surface area contributed by atoms with Gasteiger partial charge in [-0.1, -0.05) is 19.3 Å². The van der Waals surface area contributed by atoms with Crippen LogP contribution in [0.2, 0.25) is 0 Å². The second-order valence-corrected chi connectivity index (χ2v) is 9.45. The molecule has 3 N–H and O–H groups in total. The predicted octanol–water partition coefficient (Wildman–Crippen LogP) is 4.13. The molecule has 2 aliphatic carbocycles. The van der Waals surface area contributed by atoms with Gasteiger partial charge < -0.3 is 20.9 Å². The summed E-state index contributed by atoms with van der Waals surface area (Å²) in [4.78, 5) is 26.9. The van der Waals surface area contributed by atoms with Gasteiger partial charge >= 0.3 is 6.03 Å². The number of hydrogen-bond donors (Lipinski definition) is 3. The molecule has 3 aliphatic rings. The maximum Gasteiger partial charge on any atom is 0.315 e. The lowest BCUT2D eigenvalue weighted by molar-refractivity contribution is -0.115. The van der Waals surface area contributed by atoms with E-state index in [9.17, 15) is 9.59 Å². The van der Waals surface area contributed by atoms with Crippen molar-refractivity contribution in [2.24, 2.45) is 17.8 Å². The van der Waals surface area contributed by atoms with Gasteiger partial charge in [-0.25, -0.2) is 4.79 Å². The summed E-state index contributed by atoms with van der Waals surface area (Å²) in [5, 5.41) is 8.61. The van der Waals surface area contributed by atoms with Gasteiger partial charge in [0.25, 0.3) is 0 Å². The molecule has 30 heavy (non-hydrogen) atoms. The van der Waals surface area contributed by atoms with Crippen LogP contribution in [0.25, 0.3) is 0 Å². The second-order valence-electron chi connectivity index (χ2n) is 9.45. The minimum atomic E-state index is -0.253. The first-order chi connectivity index (χ1) is 14.6. The maximum atomic E-state index is 12.2. The van der Waals surface area contributed by atoms with E-state index in [0.717, 1.165) is 30.6 Å². The standard InChI is InChI=1S/C24H36N4O2/c1-17(22-15-18-6-7-19(22)14-18)26-24(30)25-16-23(29)27-20-8-10-21(11-9-20)28-12-4-2-3-5-13-28/h8-11,17-19,22H,2-7,12-16H2,1H3,(H,27,29)(H2,25,26,30). The van der Waals surface area contributed by atoms with E-state index in [1.54, 1.807) is 0 Å². The monoisotopic (exact) mass is 412 g/mol. The average molecular weight is 413 g/mol. The highest BCUT2D eigenvalue weighted by Gasteiger charge is 2.42. The molecule has 3 fully saturated rings. The molecule has 164 valence electrons. The van der Waals surface area contributed by atoms with Crippen molar-refractivity contribution in [3.8, 4) is 0 Å². The Morgan fingerprint density at radius 1 is 1.03 bits per heavy atom. The molecule has 2 saturated carbocycles. The van der Waals surface area contributed by atoms with E-state index in [-0.39, 0.29) is 24.5 Å². The SMILES string of the molecule is CC(NC(=O)NCC(=O)Nc1ccc(N2CCCCCC2)cc1)C1CC2CCC1C2. The summed E-state index contributed by atoms with van der Waals surface area (Å²) in [6.07, 6.45) is 10.3. The van der Waals surface area contributed by atoms with Crippen molar-refractivity contribution in [1.29, 1.82) is 0 Å². The quantitative estimate of drug-likeness (QED) is 0.658. The number of fused-ring (bicyclic) bond motifs is 2. The van der Waals surface area contributed by atoms with Crippen molar-refractivity contribution < 1.29 is 9.59 Å². The molecule has 6 heteroatoms. The molecule has 0 aromatic heterocycles. The molecule has 1 saturated heterocycles. The summed E-state index contributed by atoms with van der Waals surface area (Å²) in [5.41, 5.74) is 1.97. The van der Waals surface area contributed by atoms with Gasteiger partial charge in [0.05, 0.1) is 6.54 Å². The van der Waals surface area contributed by atoms with Crippen LogP contribution in [0.1, 0.15) is 58.3 Å². The number of nitrogens with one attached hydrogen (secondary N) is 3. The van der Waals surface area contributed by atoms with Crippen molar-refractivity contribution in [2.75, 3.05) is 29.9 Å². The average Bonchev–Trinajstić information content (AvgIpc) is 3.28. The first kappa shape index (κ1) is 21.0. The highest BCUT2D eigenvalue weighted by molar-refractivity contribution is 5.94. The van der Waals surface area contributed by atoms with Gasteiger partial charge in [-0.3, -0.25) is 4.79 Å². The van der Waals surface area contributed by atoms with Crippen LogP contribution in [0.15, 0.2) is 24.3 Å². The van der Waals surface area contributed by atoms with Crippen LogP contribution in [-0.2, 0) is 4.79 Å². The number of carbonyl (C=O) groups is 2. The Labute approximate surface area is 180 Å². The summed E-state index contributed by atoms with van der Waals surface area (Å²) in [5.74, 6) is 2.01. The first-order valence-corrected chi connectivity index (χ1v) is 11.8. The molecule has 3 amide bonds. The molecule has 1 aromatic rings. The molecular weight excluding hydrogens is 376 g/mol. The van der Waals surface area contributed by atoms with Gasteiger partial charge in [0, 0.05) is 30.5 Å². The molecule has 0 spiro atoms. The molecule has 4 rings (SSSR count). The Kier molecular flexibility index (Phi) is 6.80. The Bertz CT molecular complexity index is 727. The second kappa shape index (κ2) is 9.71. The number of hydrogen-bond acceptors (Lipinski definition) is 3. The van der Waals surface area contributed by atoms with Gasteiger partial charge in [-0.15, -0.1) is 0 Å². The number of rotatable bonds is 6. The number of anilines is 2. The van der Waals surface area contributed by atoms with Gasteiger partial charge in [-0.2, -0.15) is 0 Å². The topological polar surface area (TPSA) is 73.5 Å². The molecule has 4 atom stereocenters. The number of benzene rings is 1. The van der Waals surface area contributed by atoms with E-state index in [1.807, 2.05) is 12.1 Å². The molecule has 1 heterocycles. The third-order valence-corrected chi connectivity index (χ3v) is 7.33. The zero-order chi connectivity index (χ0) is 20.9. The Morgan fingerprint density at radius 2 is 1.77 bits per heavy atom. The summed E-state index contributed by atoms with van der Waals surface area (Å²) in [6, 6.07) is 7.92. The number of amides is 3. The van der Waals surface area contributed by atoms with Crippen LogP contribution in [0, 0.1) is 17.8 Å². The highest BCUT2D eigenvalue weighted by Crippen LogP contribution is 2.49. The molecular formula is C24H36N4O2. The Morgan fingerprint density at radius 3 is 2.40 bits per heavy atom. The van der Waals surface area contributed by atoms with Crippen molar-refractivity contribution in [2.45, 2.75) is 64.3 Å². The van der Waals surface area contributed by atoms with Crippen LogP contribution in [0.3, 0.4) is 0 Å². The summed E-state index contributed by atoms with van der Waals surface area (Å²) >= 11 is 0. The summed E-state index contributed by atoms with van der Waals surface area (Å²) < 4.78 is 0. The van der Waals surface area contributed by atoms with Crippen molar-refractivity contribution in [3.05, 3.63) is 24.3 Å². The molecule has 0 radical (unpaired) electrons. The van der Waals surface area contributed by atoms with Crippen molar-refractivity contribution in [1.82, 2.24) is 10.6 Å². The normalized spacial score (nSPS) is 26.7. The number of nitrogens with zero attached hydrogens (tertiary/aromatic N) is 1. The largest absolute Gasteiger partial charge is 0.372 e. The van der Waals surface area contributed by atoms with Crippen LogP contribution >= 0.6 is 0 Å². The third kappa shape index (κ3) is 5.27. The van der Waals surface area contributed by atoms with Crippen molar-refractivity contribution in [3.63, 3.8) is 0 Å². The van der Waals surface area contributed by atoms with Crippen LogP contribution in [0.5, 0.6) is 0 Å². The van der Waals surface area contributed by atoms with E-state index < -0.39 is 0 Å². The highest BCUT2D eigenvalue weighted by atomic mass is 16.2. The fourth-order valence-corrected chi connectivity index (χ4v) is 5.72. The van der Waals surface area contributed by atoms with Gasteiger partial charge in [0.1, 0.15) is 0 Å². The van der Waals surface area contributed by atoms with E-state index in [0.29, 0.717) is 5.92 Å². The smallest absolute Gasteiger partial charge is 0.315 e. The van der Waals surface area contributed by atoms with Crippen LogP contribution in [0.4, 0.5) is 16.2 Å². The Hall–Kier alpha value is -2.24. The lowest BCUT2D eigenvalue weighted by atomic mass is 9.84. The maximum absolute atomic E-state index is 12.2. The Balaban J connectivity index is 1.18. The zero-order valence-electron chi connectivity index (χ0n) is 18.2. The summed E-state index contributed by atoms with van der Waals surface area (Å²) in [7, 11) is 0. The fraction of sp³-hybridized carbons (Fsp3) is 0.667. The van der Waals surface area contributed by atoms with Crippen molar-refractivity contribution >= 4 is 23.3 Å². The fourth-order valence-electron chi connectivity index (χ4n) is 5.72. The molecule has 1 aliphatic heterocycles. The summed E-state index contributed by atoms with van der Waals surface area (Å²) in [6.45, 7) is 4.27. The van der Waals surface area contributed by atoms with E-state index in [1.165, 1.54) is 57.1 Å². The molecule has 6 nitrogen and oxygen atoms in total. The minimum absolute atomic E-state index is 0.0247. The predicted molar refractivity (Wildman–Crippen MR) is 121 cm³/mol.